The lowest BCUT2D eigenvalue weighted by atomic mass is 10.0. The van der Waals surface area contributed by atoms with Gasteiger partial charge in [-0.3, -0.25) is 43.8 Å². The number of fused-ring (bicyclic) bond motifs is 1. The molecule has 1 aliphatic rings. The fourth-order valence-corrected chi connectivity index (χ4v) is 8.32. The molecule has 7 atom stereocenters. The largest absolute Gasteiger partial charge is 0.370 e. The number of hydrogen-bond acceptors (Lipinski definition) is 10. The van der Waals surface area contributed by atoms with Crippen LogP contribution >= 0.6 is 0 Å². The van der Waals surface area contributed by atoms with Crippen molar-refractivity contribution < 1.29 is 38.4 Å². The predicted molar refractivity (Wildman–Crippen MR) is 260 cm³/mol. The number of para-hydroxylation sites is 1. The fraction of sp³-hybridized carbons (Fsp3) is 0.458. The van der Waals surface area contributed by atoms with Crippen LogP contribution in [-0.4, -0.2) is 128 Å². The summed E-state index contributed by atoms with van der Waals surface area (Å²) in [5.41, 5.74) is 14.0. The number of aromatic nitrogens is 3. The number of aromatic amines is 2. The Hall–Kier alpha value is -7.78. The maximum Gasteiger partial charge on any atom is 0.245 e. The zero-order valence-corrected chi connectivity index (χ0v) is 39.8. The Morgan fingerprint density at radius 2 is 1.41 bits per heavy atom. The van der Waals surface area contributed by atoms with Crippen molar-refractivity contribution in [2.45, 2.75) is 127 Å². The number of unbranched alkanes of at least 4 members (excludes halogenated alkanes) is 1. The van der Waals surface area contributed by atoms with E-state index in [2.05, 4.69) is 52.2 Å². The average molecular weight is 967 g/mol. The van der Waals surface area contributed by atoms with Gasteiger partial charge in [0.2, 0.25) is 47.3 Å². The highest BCUT2D eigenvalue weighted by molar-refractivity contribution is 5.98. The minimum absolute atomic E-state index is 0.0366. The van der Waals surface area contributed by atoms with Crippen molar-refractivity contribution in [2.24, 2.45) is 11.5 Å². The van der Waals surface area contributed by atoms with E-state index in [1.54, 1.807) is 42.7 Å². The molecule has 8 amide bonds. The molecule has 2 aromatic heterocycles. The van der Waals surface area contributed by atoms with Gasteiger partial charge in [-0.2, -0.15) is 0 Å². The number of hydrogen-bond donors (Lipinski definition) is 12. The Labute approximate surface area is 405 Å². The number of guanidine groups is 1. The van der Waals surface area contributed by atoms with Crippen molar-refractivity contribution >= 4 is 64.1 Å². The summed E-state index contributed by atoms with van der Waals surface area (Å²) in [5, 5.41) is 27.4. The molecule has 22 heteroatoms. The summed E-state index contributed by atoms with van der Waals surface area (Å²) in [4.78, 5) is 120. The van der Waals surface area contributed by atoms with E-state index in [4.69, 9.17) is 16.9 Å². The van der Waals surface area contributed by atoms with E-state index in [1.165, 1.54) is 25.1 Å². The molecule has 0 unspecified atom stereocenters. The molecule has 3 heterocycles. The first-order valence-corrected chi connectivity index (χ1v) is 23.6. The van der Waals surface area contributed by atoms with Crippen molar-refractivity contribution in [3.05, 3.63) is 90.1 Å². The van der Waals surface area contributed by atoms with Gasteiger partial charge in [-0.15, -0.1) is 0 Å². The second kappa shape index (κ2) is 26.1. The molecule has 2 aromatic carbocycles. The van der Waals surface area contributed by atoms with E-state index in [0.717, 1.165) is 22.9 Å². The molecule has 1 aliphatic heterocycles. The summed E-state index contributed by atoms with van der Waals surface area (Å²) < 4.78 is 0. The number of nitrogens with two attached hydrogens (primary N) is 2. The van der Waals surface area contributed by atoms with Gasteiger partial charge >= 0.3 is 0 Å². The molecule has 5 rings (SSSR count). The summed E-state index contributed by atoms with van der Waals surface area (Å²) in [6, 6.07) is 8.35. The Balaban J connectivity index is 1.35. The van der Waals surface area contributed by atoms with Crippen LogP contribution in [0.25, 0.3) is 10.9 Å². The van der Waals surface area contributed by atoms with Gasteiger partial charge < -0.3 is 63.6 Å². The Bertz CT molecular complexity index is 2440. The van der Waals surface area contributed by atoms with Gasteiger partial charge in [0.15, 0.2) is 5.96 Å². The molecule has 0 radical (unpaired) electrons. The minimum Gasteiger partial charge on any atom is -0.370 e. The van der Waals surface area contributed by atoms with E-state index in [-0.39, 0.29) is 57.6 Å². The Morgan fingerprint density at radius 1 is 0.757 bits per heavy atom. The van der Waals surface area contributed by atoms with Crippen LogP contribution in [0.4, 0.5) is 0 Å². The van der Waals surface area contributed by atoms with Crippen molar-refractivity contribution in [1.82, 2.24) is 57.1 Å². The molecule has 376 valence electrons. The van der Waals surface area contributed by atoms with Crippen LogP contribution in [0.3, 0.4) is 0 Å². The molecule has 0 saturated carbocycles. The maximum absolute atomic E-state index is 14.6. The van der Waals surface area contributed by atoms with Gasteiger partial charge in [-0.25, -0.2) is 4.98 Å². The number of carbonyl (C=O) groups is 8. The number of primary amides is 1. The lowest BCUT2D eigenvalue weighted by Gasteiger charge is -2.31. The van der Waals surface area contributed by atoms with E-state index in [1.807, 2.05) is 31.2 Å². The van der Waals surface area contributed by atoms with Crippen molar-refractivity contribution in [1.29, 1.82) is 5.41 Å². The summed E-state index contributed by atoms with van der Waals surface area (Å²) in [5.74, 6) is -5.44. The van der Waals surface area contributed by atoms with Crippen LogP contribution in [0.15, 0.2) is 73.3 Å². The third-order valence-electron chi connectivity index (χ3n) is 12.0. The molecule has 70 heavy (non-hydrogen) atoms. The van der Waals surface area contributed by atoms with E-state index >= 15 is 0 Å². The fourth-order valence-electron chi connectivity index (χ4n) is 8.32. The molecular formula is C48H66N14O8. The van der Waals surface area contributed by atoms with Crippen molar-refractivity contribution in [3.63, 3.8) is 0 Å². The molecule has 1 saturated heterocycles. The summed E-state index contributed by atoms with van der Waals surface area (Å²) >= 11 is 0. The van der Waals surface area contributed by atoms with Crippen LogP contribution < -0.4 is 48.7 Å². The molecule has 4 aromatic rings. The number of nitrogens with one attached hydrogen (secondary N) is 10. The number of rotatable bonds is 26. The SMILES string of the molecule is CCCC[C@H](NC(C)=O)C(=O)N[C@@H](C)C(=O)N[C@@H](Cc1c[nH]cn1)C(=O)N[C@H](Cc1ccccc1)C(=O)N[C@@H](CCCNC(=N)N)C(=O)N1CCC[C@H]1C(=O)N[C@H](Cc1c[nH]c2ccccc12)C(N)=O. The molecule has 1 fully saturated rings. The highest BCUT2D eigenvalue weighted by Crippen LogP contribution is 2.22. The molecule has 0 bridgehead atoms. The number of benzene rings is 2. The van der Waals surface area contributed by atoms with Gasteiger partial charge in [0.25, 0.3) is 0 Å². The first-order chi connectivity index (χ1) is 33.5. The van der Waals surface area contributed by atoms with Gasteiger partial charge in [0, 0.05) is 62.6 Å². The quantitative estimate of drug-likeness (QED) is 0.0222. The lowest BCUT2D eigenvalue weighted by Crippen LogP contribution is -2.60. The average Bonchev–Trinajstić information content (AvgIpc) is 4.13. The Morgan fingerprint density at radius 3 is 2.09 bits per heavy atom. The van der Waals surface area contributed by atoms with Gasteiger partial charge in [-0.05, 0) is 56.2 Å². The van der Waals surface area contributed by atoms with Crippen molar-refractivity contribution in [3.8, 4) is 0 Å². The smallest absolute Gasteiger partial charge is 0.245 e. The number of amides is 8. The highest BCUT2D eigenvalue weighted by Gasteiger charge is 2.40. The van der Waals surface area contributed by atoms with Gasteiger partial charge in [0.05, 0.1) is 12.0 Å². The number of H-pyrrole nitrogens is 2. The van der Waals surface area contributed by atoms with E-state index in [9.17, 15) is 38.4 Å². The van der Waals surface area contributed by atoms with Crippen molar-refractivity contribution in [2.75, 3.05) is 13.1 Å². The molecule has 22 nitrogen and oxygen atoms in total. The number of likely N-dealkylation sites (tertiary alicyclic amines) is 1. The molecular weight excluding hydrogens is 901 g/mol. The minimum atomic E-state index is -1.31. The second-order valence-electron chi connectivity index (χ2n) is 17.5. The highest BCUT2D eigenvalue weighted by atomic mass is 16.2. The molecule has 0 spiro atoms. The first-order valence-electron chi connectivity index (χ1n) is 23.6. The summed E-state index contributed by atoms with van der Waals surface area (Å²) in [6.07, 6.45) is 7.42. The second-order valence-corrected chi connectivity index (χ2v) is 17.5. The van der Waals surface area contributed by atoms with Gasteiger partial charge in [0.1, 0.15) is 42.3 Å². The number of imidazole rings is 1. The summed E-state index contributed by atoms with van der Waals surface area (Å²) in [6.45, 7) is 5.02. The van der Waals surface area contributed by atoms with E-state index < -0.39 is 89.6 Å². The third kappa shape index (κ3) is 15.6. The molecule has 14 N–H and O–H groups in total. The monoisotopic (exact) mass is 967 g/mol. The maximum atomic E-state index is 14.6. The predicted octanol–water partition coefficient (Wildman–Crippen LogP) is -0.203. The normalized spacial score (nSPS) is 15.8. The summed E-state index contributed by atoms with van der Waals surface area (Å²) in [7, 11) is 0. The standard InChI is InChI=1S/C48H66N14O8/c1-4-5-16-35(57-29(3)63)43(66)56-28(2)42(65)60-39(24-32-26-52-27-55-32)45(68)61-38(22-30-13-7-6-8-14-30)44(67)58-36(18-11-20-53-48(50)51)47(70)62-21-12-19-40(62)46(69)59-37(41(49)64)23-31-25-54-34-17-10-9-15-33(31)34/h6-10,13-15,17,25-28,35-40,54H,4-5,11-12,16,18-24H2,1-3H3,(H2,49,64)(H,52,55)(H,56,66)(H,57,63)(H,58,67)(H,59,69)(H,60,65)(H,61,68)(H4,50,51,53)/t28-,35-,36-,37+,38+,39-,40-/m0/s1. The zero-order chi connectivity index (χ0) is 50.7. The number of nitrogens with zero attached hydrogens (tertiary/aromatic N) is 2. The molecule has 0 aliphatic carbocycles. The first kappa shape index (κ1) is 53.2. The zero-order valence-electron chi connectivity index (χ0n) is 39.8. The number of carbonyl (C=O) groups excluding carboxylic acids is 8. The van der Waals surface area contributed by atoms with Gasteiger partial charge in [-0.1, -0.05) is 68.3 Å². The van der Waals surface area contributed by atoms with Crippen LogP contribution in [0.2, 0.25) is 0 Å². The van der Waals surface area contributed by atoms with Crippen LogP contribution in [-0.2, 0) is 57.6 Å². The lowest BCUT2D eigenvalue weighted by molar-refractivity contribution is -0.142. The van der Waals surface area contributed by atoms with E-state index in [0.29, 0.717) is 30.5 Å². The van der Waals surface area contributed by atoms with Crippen LogP contribution in [0.1, 0.15) is 82.5 Å². The topological polar surface area (TPSA) is 344 Å². The van der Waals surface area contributed by atoms with Crippen LogP contribution in [0.5, 0.6) is 0 Å². The third-order valence-corrected chi connectivity index (χ3v) is 12.0. The Kier molecular flexibility index (Phi) is 19.8. The van der Waals surface area contributed by atoms with Crippen LogP contribution in [0, 0.1) is 5.41 Å².